The highest BCUT2D eigenvalue weighted by Gasteiger charge is 2.34. The summed E-state index contributed by atoms with van der Waals surface area (Å²) in [4.78, 5) is 39.3. The second kappa shape index (κ2) is 14.6. The molecular weight excluding hydrogens is 568 g/mol. The predicted octanol–water partition coefficient (Wildman–Crippen LogP) is 5.17. The van der Waals surface area contributed by atoms with Crippen LogP contribution in [0.4, 0.5) is 11.4 Å². The number of non-ortho nitro benzene ring substituents is 1. The number of sulfonamides is 1. The van der Waals surface area contributed by atoms with Gasteiger partial charge < -0.3 is 10.2 Å². The van der Waals surface area contributed by atoms with E-state index in [0.717, 1.165) is 23.2 Å². The minimum atomic E-state index is -4.34. The number of carbonyl (C=O) groups is 2. The summed E-state index contributed by atoms with van der Waals surface area (Å²) in [5.41, 5.74) is 0.183. The monoisotopic (exact) mass is 600 g/mol. The van der Waals surface area contributed by atoms with Crippen molar-refractivity contribution in [3.05, 3.63) is 99.6 Å². The van der Waals surface area contributed by atoms with Gasteiger partial charge in [0.15, 0.2) is 0 Å². The molecule has 12 heteroatoms. The lowest BCUT2D eigenvalue weighted by atomic mass is 10.1. The third kappa shape index (κ3) is 8.05. The lowest BCUT2D eigenvalue weighted by molar-refractivity contribution is -0.384. The molecule has 3 aromatic carbocycles. The van der Waals surface area contributed by atoms with Crippen LogP contribution in [0.3, 0.4) is 0 Å². The van der Waals surface area contributed by atoms with E-state index in [1.807, 2.05) is 6.92 Å². The molecule has 1 unspecified atom stereocenters. The maximum atomic E-state index is 14.0. The number of nitro benzene ring substituents is 1. The number of benzene rings is 3. The second-order valence-electron chi connectivity index (χ2n) is 9.28. The fourth-order valence-electron chi connectivity index (χ4n) is 4.25. The van der Waals surface area contributed by atoms with Gasteiger partial charge in [0.2, 0.25) is 11.8 Å². The maximum Gasteiger partial charge on any atom is 0.271 e. The molecule has 0 saturated heterocycles. The van der Waals surface area contributed by atoms with Crippen LogP contribution < -0.4 is 9.62 Å². The van der Waals surface area contributed by atoms with Crippen LogP contribution in [0.5, 0.6) is 0 Å². The highest BCUT2D eigenvalue weighted by atomic mass is 35.5. The first-order valence-electron chi connectivity index (χ1n) is 13.2. The molecule has 0 aliphatic heterocycles. The molecule has 1 N–H and O–H groups in total. The maximum absolute atomic E-state index is 14.0. The van der Waals surface area contributed by atoms with Crippen LogP contribution in [-0.2, 0) is 26.2 Å². The van der Waals surface area contributed by atoms with E-state index < -0.39 is 33.4 Å². The van der Waals surface area contributed by atoms with E-state index >= 15 is 0 Å². The molecule has 2 amide bonds. The van der Waals surface area contributed by atoms with E-state index in [-0.39, 0.29) is 35.1 Å². The van der Waals surface area contributed by atoms with Crippen molar-refractivity contribution in [2.24, 2.45) is 0 Å². The highest BCUT2D eigenvalue weighted by Crippen LogP contribution is 2.28. The molecule has 3 rings (SSSR count). The number of nitro groups is 1. The topological polar surface area (TPSA) is 130 Å². The van der Waals surface area contributed by atoms with Crippen molar-refractivity contribution < 1.29 is 22.9 Å². The number of amides is 2. The average molecular weight is 601 g/mol. The van der Waals surface area contributed by atoms with E-state index in [4.69, 9.17) is 11.6 Å². The molecule has 1 atom stereocenters. The van der Waals surface area contributed by atoms with Crippen molar-refractivity contribution in [3.8, 4) is 0 Å². The molecule has 41 heavy (non-hydrogen) atoms. The van der Waals surface area contributed by atoms with Gasteiger partial charge in [-0.1, -0.05) is 74.3 Å². The number of hydrogen-bond donors (Lipinski definition) is 1. The lowest BCUT2D eigenvalue weighted by Crippen LogP contribution is -2.52. The Morgan fingerprint density at radius 2 is 1.68 bits per heavy atom. The minimum absolute atomic E-state index is 0.0492. The Morgan fingerprint density at radius 3 is 2.32 bits per heavy atom. The average Bonchev–Trinajstić information content (AvgIpc) is 2.97. The molecule has 0 fully saturated rings. The first-order valence-corrected chi connectivity index (χ1v) is 15.0. The standard InChI is InChI=1S/C29H33ClN4O6S/c1-3-5-18-31-29(36)27(4-2)32(20-22-12-9-10-17-26(22)30)28(35)21-33(23-13-11-14-24(19-23)34(37)38)41(39,40)25-15-7-6-8-16-25/h6-17,19,27H,3-5,18,20-21H2,1-2H3,(H,31,36). The van der Waals surface area contributed by atoms with Gasteiger partial charge in [-0.15, -0.1) is 0 Å². The Bertz CT molecular complexity index is 1470. The fraction of sp³-hybridized carbons (Fsp3) is 0.310. The van der Waals surface area contributed by atoms with E-state index in [0.29, 0.717) is 17.1 Å². The lowest BCUT2D eigenvalue weighted by Gasteiger charge is -2.33. The molecule has 0 saturated carbocycles. The summed E-state index contributed by atoms with van der Waals surface area (Å²) in [6, 6.07) is 18.5. The fourth-order valence-corrected chi connectivity index (χ4v) is 5.87. The number of halogens is 1. The van der Waals surface area contributed by atoms with Crippen LogP contribution >= 0.6 is 11.6 Å². The van der Waals surface area contributed by atoms with E-state index in [2.05, 4.69) is 5.32 Å². The number of hydrogen-bond acceptors (Lipinski definition) is 6. The third-order valence-corrected chi connectivity index (χ3v) is 8.61. The van der Waals surface area contributed by atoms with Gasteiger partial charge in [-0.3, -0.25) is 24.0 Å². The highest BCUT2D eigenvalue weighted by molar-refractivity contribution is 7.92. The summed E-state index contributed by atoms with van der Waals surface area (Å²) in [5.74, 6) is -1.04. The van der Waals surface area contributed by atoms with Crippen LogP contribution in [0.1, 0.15) is 38.7 Å². The molecule has 0 spiro atoms. The van der Waals surface area contributed by atoms with Crippen LogP contribution in [0.25, 0.3) is 0 Å². The Balaban J connectivity index is 2.08. The smallest absolute Gasteiger partial charge is 0.271 e. The van der Waals surface area contributed by atoms with Gasteiger partial charge >= 0.3 is 0 Å². The normalized spacial score (nSPS) is 11.9. The SMILES string of the molecule is CCCCNC(=O)C(CC)N(Cc1ccccc1Cl)C(=O)CN(c1cccc([N+](=O)[O-])c1)S(=O)(=O)c1ccccc1. The Kier molecular flexibility index (Phi) is 11.2. The third-order valence-electron chi connectivity index (χ3n) is 6.45. The summed E-state index contributed by atoms with van der Waals surface area (Å²) >= 11 is 6.40. The number of nitrogens with zero attached hydrogens (tertiary/aromatic N) is 3. The van der Waals surface area contributed by atoms with Gasteiger partial charge in [-0.05, 0) is 42.7 Å². The zero-order valence-corrected chi connectivity index (χ0v) is 24.5. The molecular formula is C29H33ClN4O6S. The van der Waals surface area contributed by atoms with Crippen molar-refractivity contribution in [3.63, 3.8) is 0 Å². The van der Waals surface area contributed by atoms with E-state index in [1.165, 1.54) is 47.4 Å². The summed E-state index contributed by atoms with van der Waals surface area (Å²) in [7, 11) is -4.34. The summed E-state index contributed by atoms with van der Waals surface area (Å²) in [5, 5.41) is 14.7. The molecule has 0 radical (unpaired) electrons. The van der Waals surface area contributed by atoms with Crippen molar-refractivity contribution in [2.75, 3.05) is 17.4 Å². The molecule has 0 heterocycles. The largest absolute Gasteiger partial charge is 0.354 e. The van der Waals surface area contributed by atoms with Crippen molar-refractivity contribution in [2.45, 2.75) is 50.6 Å². The molecule has 3 aromatic rings. The number of unbranched alkanes of at least 4 members (excludes halogenated alkanes) is 1. The van der Waals surface area contributed by atoms with Crippen molar-refractivity contribution in [1.29, 1.82) is 0 Å². The Morgan fingerprint density at radius 1 is 1.00 bits per heavy atom. The molecule has 0 aliphatic carbocycles. The summed E-state index contributed by atoms with van der Waals surface area (Å²) in [6.45, 7) is 3.43. The first kappa shape index (κ1) is 31.6. The van der Waals surface area contributed by atoms with E-state index in [9.17, 15) is 28.1 Å². The van der Waals surface area contributed by atoms with E-state index in [1.54, 1.807) is 37.3 Å². The van der Waals surface area contributed by atoms with Crippen LogP contribution in [0, 0.1) is 10.1 Å². The van der Waals surface area contributed by atoms with Gasteiger partial charge in [-0.2, -0.15) is 0 Å². The first-order chi connectivity index (χ1) is 19.6. The van der Waals surface area contributed by atoms with Gasteiger partial charge in [0.1, 0.15) is 12.6 Å². The molecule has 0 bridgehead atoms. The molecule has 10 nitrogen and oxygen atoms in total. The Labute approximate surface area is 245 Å². The number of nitrogens with one attached hydrogen (secondary N) is 1. The molecule has 0 aliphatic rings. The van der Waals surface area contributed by atoms with Crippen molar-refractivity contribution >= 4 is 44.8 Å². The quantitative estimate of drug-likeness (QED) is 0.154. The molecule has 0 aromatic heterocycles. The minimum Gasteiger partial charge on any atom is -0.354 e. The zero-order chi connectivity index (χ0) is 30.0. The number of rotatable bonds is 14. The van der Waals surface area contributed by atoms with Crippen LogP contribution in [-0.4, -0.2) is 49.2 Å². The number of anilines is 1. The zero-order valence-electron chi connectivity index (χ0n) is 22.9. The second-order valence-corrected chi connectivity index (χ2v) is 11.6. The van der Waals surface area contributed by atoms with Gasteiger partial charge in [0.05, 0.1) is 15.5 Å². The predicted molar refractivity (Wildman–Crippen MR) is 158 cm³/mol. The summed E-state index contributed by atoms with van der Waals surface area (Å²) in [6.07, 6.45) is 1.89. The number of carbonyl (C=O) groups excluding carboxylic acids is 2. The van der Waals surface area contributed by atoms with Gasteiger partial charge in [0.25, 0.3) is 15.7 Å². The van der Waals surface area contributed by atoms with Crippen molar-refractivity contribution in [1.82, 2.24) is 10.2 Å². The van der Waals surface area contributed by atoms with Crippen LogP contribution in [0.15, 0.2) is 83.8 Å². The Hall–Kier alpha value is -3.96. The molecule has 218 valence electrons. The van der Waals surface area contributed by atoms with Gasteiger partial charge in [-0.25, -0.2) is 8.42 Å². The summed E-state index contributed by atoms with van der Waals surface area (Å²) < 4.78 is 28.5. The van der Waals surface area contributed by atoms with Crippen LogP contribution in [0.2, 0.25) is 5.02 Å². The van der Waals surface area contributed by atoms with Gasteiger partial charge in [0, 0.05) is 30.2 Å².